The van der Waals surface area contributed by atoms with Crippen molar-refractivity contribution < 1.29 is 114 Å². The van der Waals surface area contributed by atoms with Gasteiger partial charge in [0, 0.05) is 0 Å². The zero-order valence-corrected chi connectivity index (χ0v) is 45.3. The van der Waals surface area contributed by atoms with E-state index >= 15 is 0 Å². The number of aliphatic hydroxyl groups excluding tert-OH is 14. The Kier molecular flexibility index (Phi) is 17.0. The highest BCUT2D eigenvalue weighted by atomic mass is 16.8. The molecule has 0 bridgehead atoms. The van der Waals surface area contributed by atoms with Crippen molar-refractivity contribution in [3.8, 4) is 0 Å². The second kappa shape index (κ2) is 21.8. The third-order valence-corrected chi connectivity index (χ3v) is 21.4. The SMILES string of the molecule is CC1(C)CCC2(C(=O)OC3OC(CO)C(O)C(O)C3O)CCC3(C)C(=CCC4C5(C)CCC(OC6OC(CO)C(OC7OC(CO)C(O)C(O)C7O)C(OC7OC(CO)C(O)C(O)C7O)C6O)C(C)(C)C5CCC43C)C2C1. The van der Waals surface area contributed by atoms with Gasteiger partial charge in [0.1, 0.15) is 97.7 Å². The van der Waals surface area contributed by atoms with Crippen LogP contribution in [0.25, 0.3) is 0 Å². The molecule has 4 saturated heterocycles. The minimum Gasteiger partial charge on any atom is -0.432 e. The maximum atomic E-state index is 14.8. The summed E-state index contributed by atoms with van der Waals surface area (Å²) in [6.07, 6.45) is -24.7. The molecule has 9 aliphatic rings. The molecule has 8 fully saturated rings. The van der Waals surface area contributed by atoms with Crippen molar-refractivity contribution in [3.63, 3.8) is 0 Å². The van der Waals surface area contributed by atoms with Crippen LogP contribution in [0.4, 0.5) is 0 Å². The summed E-state index contributed by atoms with van der Waals surface area (Å²) in [7, 11) is 0. The van der Waals surface area contributed by atoms with Gasteiger partial charge in [-0.3, -0.25) is 4.79 Å². The molecular formula is C54H88O23. The van der Waals surface area contributed by atoms with Crippen LogP contribution in [0.5, 0.6) is 0 Å². The van der Waals surface area contributed by atoms with Crippen molar-refractivity contribution in [1.82, 2.24) is 0 Å². The monoisotopic (exact) mass is 1100 g/mol. The van der Waals surface area contributed by atoms with Gasteiger partial charge in [-0.15, -0.1) is 0 Å². The third-order valence-electron chi connectivity index (χ3n) is 21.4. The van der Waals surface area contributed by atoms with Crippen LogP contribution < -0.4 is 0 Å². The first-order valence-corrected chi connectivity index (χ1v) is 27.8. The summed E-state index contributed by atoms with van der Waals surface area (Å²) in [6.45, 7) is 12.8. The number of hydrogen-bond donors (Lipinski definition) is 14. The summed E-state index contributed by atoms with van der Waals surface area (Å²) in [6, 6.07) is 0. The first-order valence-electron chi connectivity index (χ1n) is 27.8. The number of ether oxygens (including phenoxy) is 8. The highest BCUT2D eigenvalue weighted by Crippen LogP contribution is 2.76. The lowest BCUT2D eigenvalue weighted by Crippen LogP contribution is -2.68. The van der Waals surface area contributed by atoms with Gasteiger partial charge in [0.05, 0.1) is 37.9 Å². The van der Waals surface area contributed by atoms with Crippen molar-refractivity contribution in [1.29, 1.82) is 0 Å². The van der Waals surface area contributed by atoms with E-state index in [2.05, 4.69) is 54.5 Å². The van der Waals surface area contributed by atoms with Crippen molar-refractivity contribution in [2.45, 2.75) is 242 Å². The number of esters is 1. The van der Waals surface area contributed by atoms with Crippen LogP contribution in [0.3, 0.4) is 0 Å². The minimum absolute atomic E-state index is 0.0768. The van der Waals surface area contributed by atoms with E-state index in [1.807, 2.05) is 0 Å². The first kappa shape index (κ1) is 60.0. The number of hydrogen-bond acceptors (Lipinski definition) is 23. The molecule has 4 saturated carbocycles. The molecule has 23 heteroatoms. The summed E-state index contributed by atoms with van der Waals surface area (Å²) >= 11 is 0. The summed E-state index contributed by atoms with van der Waals surface area (Å²) in [5, 5.41) is 149. The lowest BCUT2D eigenvalue weighted by molar-refractivity contribution is -0.393. The molecular weight excluding hydrogens is 1020 g/mol. The fourth-order valence-corrected chi connectivity index (χ4v) is 16.5. The zero-order valence-electron chi connectivity index (χ0n) is 45.3. The largest absolute Gasteiger partial charge is 0.432 e. The number of carbonyl (C=O) groups excluding carboxylic acids is 1. The molecule has 0 radical (unpaired) electrons. The lowest BCUT2D eigenvalue weighted by Gasteiger charge is -2.71. The van der Waals surface area contributed by atoms with Crippen molar-refractivity contribution in [3.05, 3.63) is 11.6 Å². The van der Waals surface area contributed by atoms with Gasteiger partial charge in [-0.25, -0.2) is 0 Å². The number of carbonyl (C=O) groups is 1. The zero-order chi connectivity index (χ0) is 56.3. The van der Waals surface area contributed by atoms with E-state index in [-0.39, 0.29) is 39.4 Å². The Bertz CT molecular complexity index is 2110. The Morgan fingerprint density at radius 2 is 1.00 bits per heavy atom. The molecule has 28 atom stereocenters. The number of aliphatic hydroxyl groups is 14. The fourth-order valence-electron chi connectivity index (χ4n) is 16.5. The molecule has 442 valence electrons. The summed E-state index contributed by atoms with van der Waals surface area (Å²) in [5.74, 6) is -0.436. The minimum atomic E-state index is -1.94. The van der Waals surface area contributed by atoms with Gasteiger partial charge in [0.15, 0.2) is 18.9 Å². The summed E-state index contributed by atoms with van der Waals surface area (Å²) in [5.41, 5.74) is -1.14. The molecule has 0 aromatic heterocycles. The molecule has 14 N–H and O–H groups in total. The summed E-state index contributed by atoms with van der Waals surface area (Å²) in [4.78, 5) is 14.8. The van der Waals surface area contributed by atoms with Crippen molar-refractivity contribution in [2.75, 3.05) is 26.4 Å². The molecule has 0 spiro atoms. The van der Waals surface area contributed by atoms with Crippen LogP contribution >= 0.6 is 0 Å². The van der Waals surface area contributed by atoms with E-state index in [0.29, 0.717) is 25.7 Å². The predicted molar refractivity (Wildman–Crippen MR) is 263 cm³/mol. The van der Waals surface area contributed by atoms with Gasteiger partial charge in [-0.05, 0) is 109 Å². The Morgan fingerprint density at radius 3 is 1.55 bits per heavy atom. The van der Waals surface area contributed by atoms with Gasteiger partial charge in [0.2, 0.25) is 6.29 Å². The Hall–Kier alpha value is -1.63. The van der Waals surface area contributed by atoms with Crippen LogP contribution in [0.15, 0.2) is 11.6 Å². The quantitative estimate of drug-likeness (QED) is 0.0569. The van der Waals surface area contributed by atoms with Crippen LogP contribution in [0, 0.1) is 50.2 Å². The molecule has 9 rings (SSSR count). The molecule has 28 unspecified atom stereocenters. The van der Waals surface area contributed by atoms with Crippen molar-refractivity contribution >= 4 is 5.97 Å². The molecule has 4 heterocycles. The highest BCUT2D eigenvalue weighted by Gasteiger charge is 2.70. The number of fused-ring (bicyclic) bond motifs is 7. The first-order chi connectivity index (χ1) is 36.1. The van der Waals surface area contributed by atoms with Gasteiger partial charge in [0.25, 0.3) is 0 Å². The van der Waals surface area contributed by atoms with Crippen LogP contribution in [-0.2, 0) is 42.7 Å². The third kappa shape index (κ3) is 9.80. The topological polar surface area (TPSA) is 374 Å². The second-order valence-electron chi connectivity index (χ2n) is 26.3. The average molecular weight is 1110 g/mol. The molecule has 23 nitrogen and oxygen atoms in total. The Morgan fingerprint density at radius 1 is 0.519 bits per heavy atom. The van der Waals surface area contributed by atoms with E-state index in [0.717, 1.165) is 38.5 Å². The van der Waals surface area contributed by atoms with E-state index in [1.165, 1.54) is 5.57 Å². The van der Waals surface area contributed by atoms with Gasteiger partial charge in [-0.2, -0.15) is 0 Å². The molecule has 5 aliphatic carbocycles. The average Bonchev–Trinajstić information content (AvgIpc) is 3.53. The number of allylic oxidation sites excluding steroid dienone is 2. The van der Waals surface area contributed by atoms with E-state index in [9.17, 15) is 76.3 Å². The van der Waals surface area contributed by atoms with Gasteiger partial charge < -0.3 is 109 Å². The maximum absolute atomic E-state index is 14.8. The lowest BCUT2D eigenvalue weighted by atomic mass is 9.33. The molecule has 0 aromatic rings. The molecule has 0 aromatic carbocycles. The van der Waals surface area contributed by atoms with E-state index in [1.54, 1.807) is 0 Å². The number of rotatable bonds is 12. The molecule has 4 aliphatic heterocycles. The maximum Gasteiger partial charge on any atom is 0.315 e. The molecule has 77 heavy (non-hydrogen) atoms. The van der Waals surface area contributed by atoms with Crippen LogP contribution in [0.1, 0.15) is 113 Å². The normalized spacial score (nSPS) is 53.4. The highest BCUT2D eigenvalue weighted by molar-refractivity contribution is 5.79. The van der Waals surface area contributed by atoms with Gasteiger partial charge >= 0.3 is 5.97 Å². The second-order valence-corrected chi connectivity index (χ2v) is 26.3. The van der Waals surface area contributed by atoms with Crippen LogP contribution in [-0.4, -0.2) is 233 Å². The Balaban J connectivity index is 0.964. The van der Waals surface area contributed by atoms with E-state index in [4.69, 9.17) is 37.9 Å². The van der Waals surface area contributed by atoms with Crippen LogP contribution in [0.2, 0.25) is 0 Å². The predicted octanol–water partition coefficient (Wildman–Crippen LogP) is -2.04. The Labute approximate surface area is 449 Å². The van der Waals surface area contributed by atoms with E-state index < -0.39 is 172 Å². The molecule has 0 amide bonds. The van der Waals surface area contributed by atoms with Crippen molar-refractivity contribution in [2.24, 2.45) is 50.2 Å². The fraction of sp³-hybridized carbons (Fsp3) is 0.944. The summed E-state index contributed by atoms with van der Waals surface area (Å²) < 4.78 is 48.4. The smallest absolute Gasteiger partial charge is 0.315 e. The standard InChI is InChI=1S/C54H88O23/c1-49(2)14-16-54(48(69)77-46-40(67)37(64)34(61)27(21-57)72-46)17-15-52(6)23(24(54)18-49)8-9-30-51(5)12-11-31(50(3,4)29(51)10-13-53(30,52)7)74-47-41(68)43(76-45-39(66)36(63)33(60)26(20-56)71-45)42(28(22-58)73-47)75-44-38(65)35(62)32(59)25(19-55)70-44/h8,24-47,55-68H,9-22H2,1-7H3. The van der Waals surface area contributed by atoms with Gasteiger partial charge in [-0.1, -0.05) is 60.1 Å².